The predicted molar refractivity (Wildman–Crippen MR) is 119 cm³/mol. The van der Waals surface area contributed by atoms with E-state index in [9.17, 15) is 14.3 Å². The molecule has 1 atom stereocenters. The van der Waals surface area contributed by atoms with Gasteiger partial charge in [0.15, 0.2) is 0 Å². The van der Waals surface area contributed by atoms with Gasteiger partial charge in [0.05, 0.1) is 29.0 Å². The predicted octanol–water partition coefficient (Wildman–Crippen LogP) is 2.62. The van der Waals surface area contributed by atoms with Crippen LogP contribution < -0.4 is 5.32 Å². The van der Waals surface area contributed by atoms with Crippen LogP contribution >= 0.6 is 0 Å². The normalized spacial score (nSPS) is 16.3. The van der Waals surface area contributed by atoms with Gasteiger partial charge >= 0.3 is 0 Å². The molecule has 0 unspecified atom stereocenters. The molecule has 0 saturated carbocycles. The number of nitrogens with zero attached hydrogens (tertiary/aromatic N) is 4. The Morgan fingerprint density at radius 3 is 2.79 bits per heavy atom. The maximum Gasteiger partial charge on any atom is 0.248 e. The van der Waals surface area contributed by atoms with Crippen molar-refractivity contribution in [3.63, 3.8) is 0 Å². The van der Waals surface area contributed by atoms with Gasteiger partial charge in [-0.25, -0.2) is 4.39 Å². The monoisotopic (exact) mass is 449 g/mol. The lowest BCUT2D eigenvalue weighted by atomic mass is 9.87. The minimum absolute atomic E-state index is 0.0135. The summed E-state index contributed by atoms with van der Waals surface area (Å²) in [4.78, 5) is 22.0. The van der Waals surface area contributed by atoms with Crippen LogP contribution in [0, 0.1) is 17.1 Å². The zero-order chi connectivity index (χ0) is 23.6. The zero-order valence-corrected chi connectivity index (χ0v) is 18.1. The number of likely N-dealkylation sites (tertiary alicyclic amines) is 1. The van der Waals surface area contributed by atoms with Crippen molar-refractivity contribution in [2.24, 2.45) is 0 Å². The van der Waals surface area contributed by atoms with Crippen LogP contribution in [-0.4, -0.2) is 50.7 Å². The summed E-state index contributed by atoms with van der Waals surface area (Å²) in [5, 5.41) is 33.4. The Kier molecular flexibility index (Phi) is 6.22. The summed E-state index contributed by atoms with van der Waals surface area (Å²) in [5.41, 5.74) is 0.903. The third-order valence-electron chi connectivity index (χ3n) is 6.17. The first-order valence-electron chi connectivity index (χ1n) is 10.7. The van der Waals surface area contributed by atoms with Crippen molar-refractivity contribution in [2.75, 3.05) is 25.0 Å². The number of hydrogen-bond acceptors (Lipinski definition) is 7. The van der Waals surface area contributed by atoms with Gasteiger partial charge in [-0.1, -0.05) is 12.1 Å². The smallest absolute Gasteiger partial charge is 0.248 e. The fourth-order valence-electron chi connectivity index (χ4n) is 4.19. The molecule has 1 aromatic carbocycles. The summed E-state index contributed by atoms with van der Waals surface area (Å²) in [6, 6.07) is 9.67. The molecule has 2 aromatic heterocycles. The number of aliphatic hydroxyl groups is 2. The van der Waals surface area contributed by atoms with Gasteiger partial charge in [-0.15, -0.1) is 0 Å². The Balaban J connectivity index is 1.63. The molecule has 9 heteroatoms. The Bertz CT molecular complexity index is 1230. The van der Waals surface area contributed by atoms with Crippen LogP contribution in [0.1, 0.15) is 42.6 Å². The molecule has 170 valence electrons. The average molecular weight is 449 g/mol. The van der Waals surface area contributed by atoms with Gasteiger partial charge in [-0.05, 0) is 38.0 Å². The van der Waals surface area contributed by atoms with E-state index in [1.54, 1.807) is 43.6 Å². The lowest BCUT2D eigenvalue weighted by Crippen LogP contribution is -2.46. The van der Waals surface area contributed by atoms with Crippen LogP contribution in [-0.2, 0) is 10.4 Å². The highest BCUT2D eigenvalue weighted by atomic mass is 19.1. The van der Waals surface area contributed by atoms with Gasteiger partial charge in [0, 0.05) is 35.9 Å². The third kappa shape index (κ3) is 4.35. The number of benzene rings is 1. The second kappa shape index (κ2) is 9.10. The van der Waals surface area contributed by atoms with E-state index in [4.69, 9.17) is 10.4 Å². The third-order valence-corrected chi connectivity index (χ3v) is 6.17. The van der Waals surface area contributed by atoms with E-state index < -0.39 is 24.1 Å². The van der Waals surface area contributed by atoms with E-state index in [1.165, 1.54) is 11.0 Å². The topological polar surface area (TPSA) is 122 Å². The number of fused-ring (bicyclic) bond motifs is 1. The molecule has 1 fully saturated rings. The Labute approximate surface area is 190 Å². The van der Waals surface area contributed by atoms with Crippen LogP contribution in [0.2, 0.25) is 0 Å². The number of anilines is 1. The second-order valence-electron chi connectivity index (χ2n) is 8.20. The van der Waals surface area contributed by atoms with Crippen LogP contribution in [0.3, 0.4) is 0 Å². The highest BCUT2D eigenvalue weighted by Crippen LogP contribution is 2.35. The molecule has 0 radical (unpaired) electrons. The first kappa shape index (κ1) is 22.6. The molecule has 0 bridgehead atoms. The van der Waals surface area contributed by atoms with Crippen LogP contribution in [0.4, 0.5) is 10.1 Å². The van der Waals surface area contributed by atoms with Gasteiger partial charge in [0.25, 0.3) is 0 Å². The van der Waals surface area contributed by atoms with Gasteiger partial charge in [0.1, 0.15) is 24.1 Å². The fourth-order valence-corrected chi connectivity index (χ4v) is 4.19. The lowest BCUT2D eigenvalue weighted by Gasteiger charge is -2.37. The van der Waals surface area contributed by atoms with Crippen molar-refractivity contribution in [1.82, 2.24) is 14.9 Å². The summed E-state index contributed by atoms with van der Waals surface area (Å²) in [5.74, 6) is -0.917. The minimum Gasteiger partial charge on any atom is -0.387 e. The van der Waals surface area contributed by atoms with Crippen molar-refractivity contribution in [2.45, 2.75) is 31.4 Å². The number of nitrogens with one attached hydrogen (secondary N) is 1. The molecule has 1 saturated heterocycles. The van der Waals surface area contributed by atoms with Gasteiger partial charge in [-0.2, -0.15) is 5.26 Å². The quantitative estimate of drug-likeness (QED) is 0.547. The van der Waals surface area contributed by atoms with Gasteiger partial charge in [0.2, 0.25) is 5.91 Å². The van der Waals surface area contributed by atoms with Gasteiger partial charge < -0.3 is 20.4 Å². The lowest BCUT2D eigenvalue weighted by molar-refractivity contribution is -0.138. The van der Waals surface area contributed by atoms with Crippen molar-refractivity contribution in [3.05, 3.63) is 65.4 Å². The molecule has 1 amide bonds. The maximum absolute atomic E-state index is 14.6. The van der Waals surface area contributed by atoms with Gasteiger partial charge in [-0.3, -0.25) is 14.8 Å². The fraction of sp³-hybridized carbons (Fsp3) is 0.333. The molecule has 3 aromatic rings. The molecule has 1 aliphatic rings. The molecule has 4 rings (SSSR count). The Morgan fingerprint density at radius 2 is 2.09 bits per heavy atom. The zero-order valence-electron chi connectivity index (χ0n) is 18.1. The van der Waals surface area contributed by atoms with Crippen LogP contribution in [0.25, 0.3) is 10.9 Å². The highest BCUT2D eigenvalue weighted by Gasteiger charge is 2.36. The molecular formula is C24H24FN5O3. The van der Waals surface area contributed by atoms with Crippen molar-refractivity contribution >= 4 is 22.5 Å². The Hall–Kier alpha value is -3.61. The maximum atomic E-state index is 14.6. The summed E-state index contributed by atoms with van der Waals surface area (Å²) < 4.78 is 14.6. The molecule has 33 heavy (non-hydrogen) atoms. The van der Waals surface area contributed by atoms with E-state index in [-0.39, 0.29) is 11.5 Å². The average Bonchev–Trinajstić information content (AvgIpc) is 2.84. The summed E-state index contributed by atoms with van der Waals surface area (Å²) >= 11 is 0. The number of rotatable bonds is 5. The number of aliphatic hydroxyl groups excluding tert-OH is 1. The summed E-state index contributed by atoms with van der Waals surface area (Å²) in [7, 11) is 0. The number of piperidine rings is 1. The van der Waals surface area contributed by atoms with Crippen molar-refractivity contribution < 1.29 is 19.4 Å². The molecule has 3 heterocycles. The number of nitriles is 1. The summed E-state index contributed by atoms with van der Waals surface area (Å²) in [6.07, 6.45) is 3.79. The molecule has 0 aliphatic carbocycles. The van der Waals surface area contributed by atoms with E-state index >= 15 is 0 Å². The van der Waals surface area contributed by atoms with E-state index in [1.807, 2.05) is 6.07 Å². The van der Waals surface area contributed by atoms with Crippen LogP contribution in [0.5, 0.6) is 0 Å². The first-order valence-corrected chi connectivity index (χ1v) is 10.7. The molecule has 8 nitrogen and oxygen atoms in total. The van der Waals surface area contributed by atoms with Crippen LogP contribution in [0.15, 0.2) is 42.7 Å². The Morgan fingerprint density at radius 1 is 1.33 bits per heavy atom. The van der Waals surface area contributed by atoms with E-state index in [0.717, 1.165) is 0 Å². The van der Waals surface area contributed by atoms with Crippen molar-refractivity contribution in [1.29, 1.82) is 5.26 Å². The minimum atomic E-state index is -1.22. The number of hydrogen-bond donors (Lipinski definition) is 3. The largest absolute Gasteiger partial charge is 0.387 e. The SMILES string of the molecule is C[C@@H](Nc1ccnc2cnc(C3(O)CCN(C(=O)CO)CC3)cc12)c1cccc(C#N)c1F. The number of halogens is 1. The van der Waals surface area contributed by atoms with E-state index in [2.05, 4.69) is 15.3 Å². The standard InChI is InChI=1S/C24H24FN5O3/c1-15(17-4-2-3-16(12-26)23(17)25)29-19-5-8-27-20-13-28-21(11-18(19)20)24(33)6-9-30(10-7-24)22(32)14-31/h2-5,8,11,13,15,31,33H,6-7,9-10,14H2,1H3,(H,27,29)/t15-/m1/s1. The highest BCUT2D eigenvalue weighted by molar-refractivity contribution is 5.91. The first-order chi connectivity index (χ1) is 15.9. The second-order valence-corrected chi connectivity index (χ2v) is 8.20. The number of pyridine rings is 2. The molecular weight excluding hydrogens is 425 g/mol. The van der Waals surface area contributed by atoms with Crippen molar-refractivity contribution in [3.8, 4) is 6.07 Å². The number of amides is 1. The number of carbonyl (C=O) groups is 1. The summed E-state index contributed by atoms with van der Waals surface area (Å²) in [6.45, 7) is 1.89. The molecule has 0 spiro atoms. The van der Waals surface area contributed by atoms with E-state index in [0.29, 0.717) is 53.8 Å². The number of carbonyl (C=O) groups excluding carboxylic acids is 1. The molecule has 3 N–H and O–H groups in total. The molecule has 1 aliphatic heterocycles. The number of aromatic nitrogens is 2.